The zero-order valence-corrected chi connectivity index (χ0v) is 11.8. The minimum absolute atomic E-state index is 0.419. The van der Waals surface area contributed by atoms with E-state index >= 15 is 0 Å². The van der Waals surface area contributed by atoms with Gasteiger partial charge in [0, 0.05) is 20.8 Å². The predicted molar refractivity (Wildman–Crippen MR) is 63.5 cm³/mol. The van der Waals surface area contributed by atoms with Crippen molar-refractivity contribution >= 4 is 17.9 Å². The van der Waals surface area contributed by atoms with E-state index in [9.17, 15) is 23.9 Å². The van der Waals surface area contributed by atoms with Crippen LogP contribution in [0.5, 0.6) is 0 Å². The lowest BCUT2D eigenvalue weighted by Gasteiger charge is -2.39. The molecule has 1 saturated heterocycles. The number of hydrogen-bond acceptors (Lipinski definition) is 8. The molecule has 0 saturated carbocycles. The van der Waals surface area contributed by atoms with Gasteiger partial charge in [-0.05, 0) is 0 Å². The molecule has 0 spiro atoms. The molecule has 0 aliphatic carbocycles. The molecule has 1 fully saturated rings. The second kappa shape index (κ2) is 7.32. The number of aliphatic hydroxyl groups is 1. The summed E-state index contributed by atoms with van der Waals surface area (Å²) in [6, 6.07) is 0. The summed E-state index contributed by atoms with van der Waals surface area (Å²) in [7, 11) is 0. The largest absolute Gasteiger partial charge is 0.463 e. The average molecular weight is 308 g/mol. The van der Waals surface area contributed by atoms with Crippen LogP contribution in [0.15, 0.2) is 0 Å². The summed E-state index contributed by atoms with van der Waals surface area (Å²) in [6.07, 6.45) is -8.12. The highest BCUT2D eigenvalue weighted by atomic mass is 19.1. The Morgan fingerprint density at radius 2 is 1.57 bits per heavy atom. The number of esters is 3. The standard InChI is InChI=1S/C12H17FO8/c1-5(14)18-4-8-10(19-6(2)15)9(13)11(12(17)21-8)20-7(3)16/h8-12,17H,4H2,1-3H3/t8-,9+,10-,11-,12?/m1/s1. The lowest BCUT2D eigenvalue weighted by Crippen LogP contribution is -2.59. The van der Waals surface area contributed by atoms with Crippen LogP contribution in [0.1, 0.15) is 20.8 Å². The van der Waals surface area contributed by atoms with Gasteiger partial charge < -0.3 is 24.1 Å². The molecule has 1 unspecified atom stereocenters. The molecule has 1 aliphatic heterocycles. The highest BCUT2D eigenvalue weighted by Gasteiger charge is 2.50. The first-order valence-corrected chi connectivity index (χ1v) is 6.17. The number of alkyl halides is 1. The highest BCUT2D eigenvalue weighted by molar-refractivity contribution is 5.67. The first kappa shape index (κ1) is 17.3. The Hall–Kier alpha value is -1.74. The lowest BCUT2D eigenvalue weighted by molar-refractivity contribution is -0.283. The van der Waals surface area contributed by atoms with Gasteiger partial charge in [-0.15, -0.1) is 0 Å². The third-order valence-corrected chi connectivity index (χ3v) is 2.64. The molecule has 5 atom stereocenters. The van der Waals surface area contributed by atoms with E-state index in [-0.39, 0.29) is 0 Å². The summed E-state index contributed by atoms with van der Waals surface area (Å²) in [4.78, 5) is 32.7. The van der Waals surface area contributed by atoms with E-state index in [0.717, 1.165) is 20.8 Å². The molecule has 0 radical (unpaired) electrons. The summed E-state index contributed by atoms with van der Waals surface area (Å²) in [5.74, 6) is -2.27. The second-order valence-electron chi connectivity index (χ2n) is 4.46. The zero-order valence-electron chi connectivity index (χ0n) is 11.8. The topological polar surface area (TPSA) is 108 Å². The van der Waals surface area contributed by atoms with Gasteiger partial charge in [-0.2, -0.15) is 0 Å². The van der Waals surface area contributed by atoms with Crippen LogP contribution in [-0.4, -0.2) is 60.4 Å². The van der Waals surface area contributed by atoms with Gasteiger partial charge in [-0.1, -0.05) is 0 Å². The first-order valence-electron chi connectivity index (χ1n) is 6.17. The Kier molecular flexibility index (Phi) is 6.03. The summed E-state index contributed by atoms with van der Waals surface area (Å²) in [5.41, 5.74) is 0. The molecule has 21 heavy (non-hydrogen) atoms. The van der Waals surface area contributed by atoms with Crippen molar-refractivity contribution in [3.8, 4) is 0 Å². The summed E-state index contributed by atoms with van der Waals surface area (Å²) < 4.78 is 33.4. The molecular formula is C12H17FO8. The molecule has 9 heteroatoms. The van der Waals surface area contributed by atoms with Crippen molar-refractivity contribution in [2.45, 2.75) is 51.5 Å². The summed E-state index contributed by atoms with van der Waals surface area (Å²) in [6.45, 7) is 2.80. The van der Waals surface area contributed by atoms with Crippen molar-refractivity contribution in [2.75, 3.05) is 6.61 Å². The number of ether oxygens (including phenoxy) is 4. The number of carbonyl (C=O) groups is 3. The Morgan fingerprint density at radius 3 is 2.05 bits per heavy atom. The zero-order chi connectivity index (χ0) is 16.2. The van der Waals surface area contributed by atoms with Crippen LogP contribution >= 0.6 is 0 Å². The fourth-order valence-electron chi connectivity index (χ4n) is 1.86. The summed E-state index contributed by atoms with van der Waals surface area (Å²) in [5, 5.41) is 9.66. The van der Waals surface area contributed by atoms with Crippen LogP contribution in [-0.2, 0) is 33.3 Å². The van der Waals surface area contributed by atoms with Crippen molar-refractivity contribution in [2.24, 2.45) is 0 Å². The normalized spacial score (nSPS) is 32.1. The fourth-order valence-corrected chi connectivity index (χ4v) is 1.86. The van der Waals surface area contributed by atoms with Crippen LogP contribution in [0.2, 0.25) is 0 Å². The quantitative estimate of drug-likeness (QED) is 0.545. The van der Waals surface area contributed by atoms with Gasteiger partial charge in [0.05, 0.1) is 0 Å². The van der Waals surface area contributed by atoms with E-state index in [1.54, 1.807) is 0 Å². The van der Waals surface area contributed by atoms with Gasteiger partial charge in [0.2, 0.25) is 0 Å². The van der Waals surface area contributed by atoms with Crippen molar-refractivity contribution < 1.29 is 42.8 Å². The second-order valence-corrected chi connectivity index (χ2v) is 4.46. The number of halogens is 1. The van der Waals surface area contributed by atoms with Crippen molar-refractivity contribution in [3.05, 3.63) is 0 Å². The van der Waals surface area contributed by atoms with E-state index in [4.69, 9.17) is 9.47 Å². The average Bonchev–Trinajstić information content (AvgIpc) is 2.35. The molecule has 1 heterocycles. The molecule has 8 nitrogen and oxygen atoms in total. The molecule has 0 aromatic rings. The van der Waals surface area contributed by atoms with Crippen LogP contribution in [0.25, 0.3) is 0 Å². The Bertz CT molecular complexity index is 410. The first-order chi connectivity index (χ1) is 9.72. The fraction of sp³-hybridized carbons (Fsp3) is 0.750. The molecule has 120 valence electrons. The van der Waals surface area contributed by atoms with E-state index < -0.39 is 55.3 Å². The predicted octanol–water partition coefficient (Wildman–Crippen LogP) is -0.532. The SMILES string of the molecule is CC(=O)OC[C@H]1OC(O)[C@H](OC(C)=O)[C@@H](F)[C@@H]1OC(C)=O. The minimum atomic E-state index is -2.03. The Labute approximate surface area is 120 Å². The molecular weight excluding hydrogens is 291 g/mol. The van der Waals surface area contributed by atoms with E-state index in [0.29, 0.717) is 0 Å². The van der Waals surface area contributed by atoms with Crippen molar-refractivity contribution in [3.63, 3.8) is 0 Å². The van der Waals surface area contributed by atoms with Gasteiger partial charge >= 0.3 is 17.9 Å². The molecule has 1 rings (SSSR count). The lowest BCUT2D eigenvalue weighted by atomic mass is 10.00. The van der Waals surface area contributed by atoms with Crippen LogP contribution in [0, 0.1) is 0 Å². The molecule has 0 aromatic carbocycles. The maximum absolute atomic E-state index is 14.3. The molecule has 0 aromatic heterocycles. The Balaban J connectivity index is 2.86. The van der Waals surface area contributed by atoms with Gasteiger partial charge in [0.15, 0.2) is 24.7 Å². The van der Waals surface area contributed by atoms with Gasteiger partial charge in [-0.3, -0.25) is 14.4 Å². The maximum atomic E-state index is 14.3. The highest BCUT2D eigenvalue weighted by Crippen LogP contribution is 2.27. The van der Waals surface area contributed by atoms with E-state index in [1.165, 1.54) is 0 Å². The van der Waals surface area contributed by atoms with E-state index in [2.05, 4.69) is 9.47 Å². The van der Waals surface area contributed by atoms with Crippen molar-refractivity contribution in [1.82, 2.24) is 0 Å². The van der Waals surface area contributed by atoms with Gasteiger partial charge in [-0.25, -0.2) is 4.39 Å². The number of rotatable bonds is 4. The number of hydrogen-bond donors (Lipinski definition) is 1. The third-order valence-electron chi connectivity index (χ3n) is 2.64. The van der Waals surface area contributed by atoms with Crippen LogP contribution < -0.4 is 0 Å². The number of aliphatic hydroxyl groups excluding tert-OH is 1. The third kappa shape index (κ3) is 4.94. The van der Waals surface area contributed by atoms with Crippen LogP contribution in [0.3, 0.4) is 0 Å². The minimum Gasteiger partial charge on any atom is -0.463 e. The van der Waals surface area contributed by atoms with Crippen LogP contribution in [0.4, 0.5) is 4.39 Å². The molecule has 0 bridgehead atoms. The Morgan fingerprint density at radius 1 is 1.05 bits per heavy atom. The van der Waals surface area contributed by atoms with Gasteiger partial charge in [0.1, 0.15) is 12.7 Å². The van der Waals surface area contributed by atoms with Gasteiger partial charge in [0.25, 0.3) is 0 Å². The maximum Gasteiger partial charge on any atom is 0.303 e. The smallest absolute Gasteiger partial charge is 0.303 e. The summed E-state index contributed by atoms with van der Waals surface area (Å²) >= 11 is 0. The molecule has 0 amide bonds. The number of carbonyl (C=O) groups excluding carboxylic acids is 3. The monoisotopic (exact) mass is 308 g/mol. The molecule has 1 aliphatic rings. The van der Waals surface area contributed by atoms with E-state index in [1.807, 2.05) is 0 Å². The molecule has 1 N–H and O–H groups in total. The van der Waals surface area contributed by atoms with Crippen molar-refractivity contribution in [1.29, 1.82) is 0 Å².